The summed E-state index contributed by atoms with van der Waals surface area (Å²) in [6.07, 6.45) is -6.80. The minimum absolute atomic E-state index is 0.0525. The minimum Gasteiger partial charge on any atom is -0.291 e. The molecule has 0 bridgehead atoms. The maximum absolute atomic E-state index is 12.8. The van der Waals surface area contributed by atoms with Crippen molar-refractivity contribution in [2.45, 2.75) is 12.4 Å². The van der Waals surface area contributed by atoms with E-state index >= 15 is 0 Å². The molecule has 0 aliphatic carbocycles. The highest BCUT2D eigenvalue weighted by Crippen LogP contribution is 2.31. The quantitative estimate of drug-likeness (QED) is 0.389. The van der Waals surface area contributed by atoms with E-state index in [-0.39, 0.29) is 24.2 Å². The van der Waals surface area contributed by atoms with Gasteiger partial charge in [0.25, 0.3) is 0 Å². The zero-order valence-corrected chi connectivity index (χ0v) is 13.3. The number of nitrogens with zero attached hydrogens (tertiary/aromatic N) is 2. The van der Waals surface area contributed by atoms with Gasteiger partial charge in [-0.2, -0.15) is 26.3 Å². The van der Waals surface area contributed by atoms with E-state index in [1.165, 1.54) is 36.4 Å². The standard InChI is InChI=1S/C18H14F6N2/c19-17(20,21)15-7-3-1-5-13(15)11-25-9-10-26-12-14-6-2-4-8-16(14)18(22,23)24/h1-8,11-12H,9-10H2/b25-11+,26-12+. The van der Waals surface area contributed by atoms with Crippen LogP contribution in [0.5, 0.6) is 0 Å². The van der Waals surface area contributed by atoms with Crippen molar-refractivity contribution in [3.63, 3.8) is 0 Å². The van der Waals surface area contributed by atoms with Crippen LogP contribution in [0.25, 0.3) is 0 Å². The molecule has 0 saturated heterocycles. The molecule has 0 saturated carbocycles. The Bertz CT molecular complexity index is 723. The van der Waals surface area contributed by atoms with Crippen LogP contribution in [0.2, 0.25) is 0 Å². The smallest absolute Gasteiger partial charge is 0.291 e. The van der Waals surface area contributed by atoms with E-state index in [0.717, 1.165) is 24.6 Å². The van der Waals surface area contributed by atoms with Crippen LogP contribution in [0.1, 0.15) is 22.3 Å². The van der Waals surface area contributed by atoms with Gasteiger partial charge in [-0.25, -0.2) is 0 Å². The van der Waals surface area contributed by atoms with Crippen molar-refractivity contribution in [3.05, 3.63) is 70.8 Å². The minimum atomic E-state index is -4.48. The molecule has 0 radical (unpaired) electrons. The predicted octanol–water partition coefficient (Wildman–Crippen LogP) is 5.26. The van der Waals surface area contributed by atoms with Gasteiger partial charge in [-0.15, -0.1) is 0 Å². The van der Waals surface area contributed by atoms with E-state index in [9.17, 15) is 26.3 Å². The highest BCUT2D eigenvalue weighted by Gasteiger charge is 2.33. The molecule has 0 amide bonds. The lowest BCUT2D eigenvalue weighted by molar-refractivity contribution is -0.138. The van der Waals surface area contributed by atoms with Gasteiger partial charge in [-0.3, -0.25) is 9.98 Å². The molecular weight excluding hydrogens is 358 g/mol. The van der Waals surface area contributed by atoms with E-state index in [1.807, 2.05) is 0 Å². The van der Waals surface area contributed by atoms with Crippen LogP contribution in [0.3, 0.4) is 0 Å². The zero-order valence-electron chi connectivity index (χ0n) is 13.3. The predicted molar refractivity (Wildman–Crippen MR) is 87.8 cm³/mol. The van der Waals surface area contributed by atoms with Gasteiger partial charge in [0.2, 0.25) is 0 Å². The molecule has 2 aromatic carbocycles. The average molecular weight is 372 g/mol. The lowest BCUT2D eigenvalue weighted by Gasteiger charge is -2.09. The summed E-state index contributed by atoms with van der Waals surface area (Å²) in [5.74, 6) is 0. The molecule has 0 fully saturated rings. The fourth-order valence-electron chi connectivity index (χ4n) is 2.18. The van der Waals surface area contributed by atoms with Crippen molar-refractivity contribution < 1.29 is 26.3 Å². The lowest BCUT2D eigenvalue weighted by Crippen LogP contribution is -2.09. The Labute approximate surface area is 145 Å². The van der Waals surface area contributed by atoms with Crippen molar-refractivity contribution in [2.75, 3.05) is 13.1 Å². The van der Waals surface area contributed by atoms with Gasteiger partial charge in [0.15, 0.2) is 0 Å². The fraction of sp³-hybridized carbons (Fsp3) is 0.222. The number of rotatable bonds is 5. The molecule has 26 heavy (non-hydrogen) atoms. The second-order valence-electron chi connectivity index (χ2n) is 5.24. The largest absolute Gasteiger partial charge is 0.417 e. The third kappa shape index (κ3) is 5.44. The van der Waals surface area contributed by atoms with Crippen molar-refractivity contribution in [3.8, 4) is 0 Å². The van der Waals surface area contributed by atoms with Crippen LogP contribution >= 0.6 is 0 Å². The van der Waals surface area contributed by atoms with Gasteiger partial charge in [0.1, 0.15) is 0 Å². The van der Waals surface area contributed by atoms with Gasteiger partial charge in [0, 0.05) is 23.6 Å². The summed E-state index contributed by atoms with van der Waals surface area (Å²) in [6.45, 7) is 0.105. The molecule has 138 valence electrons. The first-order chi connectivity index (χ1) is 12.2. The van der Waals surface area contributed by atoms with Crippen LogP contribution in [0.4, 0.5) is 26.3 Å². The summed E-state index contributed by atoms with van der Waals surface area (Å²) < 4.78 is 76.9. The average Bonchev–Trinajstić information content (AvgIpc) is 2.57. The van der Waals surface area contributed by atoms with Crippen LogP contribution in [-0.2, 0) is 12.4 Å². The molecule has 2 rings (SSSR count). The van der Waals surface area contributed by atoms with Crippen molar-refractivity contribution in [2.24, 2.45) is 9.98 Å². The van der Waals surface area contributed by atoms with E-state index in [4.69, 9.17) is 0 Å². The summed E-state index contributed by atoms with van der Waals surface area (Å²) in [5.41, 5.74) is -1.75. The number of alkyl halides is 6. The van der Waals surface area contributed by atoms with E-state index < -0.39 is 23.5 Å². The van der Waals surface area contributed by atoms with Crippen molar-refractivity contribution in [1.29, 1.82) is 0 Å². The normalized spacial score (nSPS) is 13.0. The summed E-state index contributed by atoms with van der Waals surface area (Å²) in [6, 6.07) is 9.96. The van der Waals surface area contributed by atoms with Gasteiger partial charge < -0.3 is 0 Å². The molecule has 2 aromatic rings. The second-order valence-corrected chi connectivity index (χ2v) is 5.24. The summed E-state index contributed by atoms with van der Waals surface area (Å²) >= 11 is 0. The molecule has 0 atom stereocenters. The first kappa shape index (κ1) is 19.7. The summed E-state index contributed by atoms with van der Waals surface area (Å²) in [5, 5.41) is 0. The molecule has 8 heteroatoms. The van der Waals surface area contributed by atoms with E-state index in [2.05, 4.69) is 9.98 Å². The van der Waals surface area contributed by atoms with E-state index in [1.54, 1.807) is 0 Å². The number of hydrogen-bond acceptors (Lipinski definition) is 2. The zero-order chi connectivity index (χ0) is 19.2. The topological polar surface area (TPSA) is 24.7 Å². The van der Waals surface area contributed by atoms with Gasteiger partial charge in [0.05, 0.1) is 24.2 Å². The lowest BCUT2D eigenvalue weighted by atomic mass is 10.1. The molecule has 0 aromatic heterocycles. The SMILES string of the molecule is FC(F)(F)c1ccccc1/C=N/CC/N=C/c1ccccc1C(F)(F)F. The molecule has 0 N–H and O–H groups in total. The maximum atomic E-state index is 12.8. The van der Waals surface area contributed by atoms with Gasteiger partial charge >= 0.3 is 12.4 Å². The molecule has 2 nitrogen and oxygen atoms in total. The highest BCUT2D eigenvalue weighted by atomic mass is 19.4. The highest BCUT2D eigenvalue weighted by molar-refractivity contribution is 5.82. The Kier molecular flexibility index (Phi) is 6.18. The summed E-state index contributed by atoms with van der Waals surface area (Å²) in [7, 11) is 0. The first-order valence-corrected chi connectivity index (χ1v) is 7.51. The van der Waals surface area contributed by atoms with Crippen molar-refractivity contribution in [1.82, 2.24) is 0 Å². The monoisotopic (exact) mass is 372 g/mol. The molecule has 0 aliphatic heterocycles. The van der Waals surface area contributed by atoms with Crippen molar-refractivity contribution >= 4 is 12.4 Å². The molecular formula is C18H14F6N2. The Balaban J connectivity index is 1.98. The Morgan fingerprint density at radius 1 is 0.615 bits per heavy atom. The molecule has 0 spiro atoms. The number of hydrogen-bond donors (Lipinski definition) is 0. The molecule has 0 aliphatic rings. The van der Waals surface area contributed by atoms with Crippen LogP contribution < -0.4 is 0 Å². The fourth-order valence-corrected chi connectivity index (χ4v) is 2.18. The third-order valence-electron chi connectivity index (χ3n) is 3.35. The molecule has 0 heterocycles. The van der Waals surface area contributed by atoms with E-state index in [0.29, 0.717) is 0 Å². The Morgan fingerprint density at radius 2 is 0.962 bits per heavy atom. The Morgan fingerprint density at radius 3 is 1.31 bits per heavy atom. The number of halogens is 6. The number of benzene rings is 2. The molecule has 0 unspecified atom stereocenters. The second kappa shape index (κ2) is 8.16. The maximum Gasteiger partial charge on any atom is 0.417 e. The summed E-state index contributed by atoms with van der Waals surface area (Å²) in [4.78, 5) is 7.71. The van der Waals surface area contributed by atoms with Crippen LogP contribution in [-0.4, -0.2) is 25.5 Å². The van der Waals surface area contributed by atoms with Gasteiger partial charge in [-0.05, 0) is 12.1 Å². The van der Waals surface area contributed by atoms with Crippen LogP contribution in [0.15, 0.2) is 58.5 Å². The Hall–Kier alpha value is -2.64. The van der Waals surface area contributed by atoms with Gasteiger partial charge in [-0.1, -0.05) is 36.4 Å². The number of aliphatic imine (C=N–C) groups is 2. The first-order valence-electron chi connectivity index (χ1n) is 7.51. The third-order valence-corrected chi connectivity index (χ3v) is 3.35. The van der Waals surface area contributed by atoms with Crippen LogP contribution in [0, 0.1) is 0 Å².